The van der Waals surface area contributed by atoms with Gasteiger partial charge in [-0.05, 0) is 12.8 Å². The molecule has 5 nitrogen and oxygen atoms in total. The van der Waals surface area contributed by atoms with Crippen molar-refractivity contribution < 1.29 is 14.3 Å². The van der Waals surface area contributed by atoms with Crippen molar-refractivity contribution in [3.05, 3.63) is 0 Å². The largest absolute Gasteiger partial charge is 0.468 e. The van der Waals surface area contributed by atoms with Gasteiger partial charge in [0.15, 0.2) is 0 Å². The molecule has 0 heterocycles. The lowest BCUT2D eigenvalue weighted by atomic mass is 9.95. The SMILES string of the molecule is COC(=O)CNC(=O)C1CCCCCC1N. The Hall–Kier alpha value is -1.10. The maximum atomic E-state index is 11.8. The van der Waals surface area contributed by atoms with Crippen LogP contribution in [0.5, 0.6) is 0 Å². The summed E-state index contributed by atoms with van der Waals surface area (Å²) in [6, 6.07) is -0.0832. The average Bonchev–Trinajstić information content (AvgIpc) is 2.50. The van der Waals surface area contributed by atoms with Gasteiger partial charge in [0.05, 0.1) is 13.0 Å². The fourth-order valence-electron chi connectivity index (χ4n) is 2.02. The van der Waals surface area contributed by atoms with E-state index >= 15 is 0 Å². The normalized spacial score (nSPS) is 25.6. The van der Waals surface area contributed by atoms with Gasteiger partial charge in [-0.15, -0.1) is 0 Å². The van der Waals surface area contributed by atoms with Crippen LogP contribution in [0.2, 0.25) is 0 Å². The lowest BCUT2D eigenvalue weighted by molar-refractivity contribution is -0.141. The van der Waals surface area contributed by atoms with E-state index in [1.807, 2.05) is 0 Å². The quantitative estimate of drug-likeness (QED) is 0.533. The summed E-state index contributed by atoms with van der Waals surface area (Å²) in [7, 11) is 1.30. The van der Waals surface area contributed by atoms with Gasteiger partial charge in [-0.3, -0.25) is 9.59 Å². The Morgan fingerprint density at radius 1 is 1.31 bits per heavy atom. The van der Waals surface area contributed by atoms with Gasteiger partial charge in [0.1, 0.15) is 6.54 Å². The first-order valence-corrected chi connectivity index (χ1v) is 5.75. The first kappa shape index (κ1) is 13.0. The zero-order valence-corrected chi connectivity index (χ0v) is 9.70. The third kappa shape index (κ3) is 3.81. The van der Waals surface area contributed by atoms with E-state index in [2.05, 4.69) is 10.1 Å². The molecule has 0 saturated heterocycles. The maximum Gasteiger partial charge on any atom is 0.325 e. The van der Waals surface area contributed by atoms with Crippen molar-refractivity contribution in [1.29, 1.82) is 0 Å². The standard InChI is InChI=1S/C11H20N2O3/c1-16-10(14)7-13-11(15)8-5-3-2-4-6-9(8)12/h8-9H,2-7,12H2,1H3,(H,13,15). The first-order valence-electron chi connectivity index (χ1n) is 5.75. The Balaban J connectivity index is 2.41. The molecule has 0 aliphatic heterocycles. The second-order valence-electron chi connectivity index (χ2n) is 4.20. The third-order valence-electron chi connectivity index (χ3n) is 3.04. The highest BCUT2D eigenvalue weighted by Gasteiger charge is 2.27. The molecule has 16 heavy (non-hydrogen) atoms. The molecule has 0 aromatic rings. The minimum Gasteiger partial charge on any atom is -0.468 e. The van der Waals surface area contributed by atoms with E-state index in [-0.39, 0.29) is 24.4 Å². The number of methoxy groups -OCH3 is 1. The molecule has 0 radical (unpaired) electrons. The van der Waals surface area contributed by atoms with Crippen LogP contribution >= 0.6 is 0 Å². The Bertz CT molecular complexity index is 256. The van der Waals surface area contributed by atoms with Crippen molar-refractivity contribution in [2.24, 2.45) is 11.7 Å². The fraction of sp³-hybridized carbons (Fsp3) is 0.818. The van der Waals surface area contributed by atoms with Crippen LogP contribution in [0.25, 0.3) is 0 Å². The number of carbonyl (C=O) groups excluding carboxylic acids is 2. The van der Waals surface area contributed by atoms with Crippen LogP contribution in [0.3, 0.4) is 0 Å². The topological polar surface area (TPSA) is 81.4 Å². The zero-order valence-electron chi connectivity index (χ0n) is 9.70. The molecule has 0 aromatic heterocycles. The zero-order chi connectivity index (χ0) is 12.0. The molecule has 1 aliphatic rings. The highest BCUT2D eigenvalue weighted by atomic mass is 16.5. The molecule has 2 unspecified atom stereocenters. The Labute approximate surface area is 95.7 Å². The van der Waals surface area contributed by atoms with Gasteiger partial charge in [0, 0.05) is 6.04 Å². The minimum absolute atomic E-state index is 0.0709. The highest BCUT2D eigenvalue weighted by molar-refractivity contribution is 5.83. The summed E-state index contributed by atoms with van der Waals surface area (Å²) in [5, 5.41) is 2.57. The smallest absolute Gasteiger partial charge is 0.325 e. The number of amides is 1. The molecule has 3 N–H and O–H groups in total. The van der Waals surface area contributed by atoms with Crippen LogP contribution in [0.15, 0.2) is 0 Å². The number of nitrogens with one attached hydrogen (secondary N) is 1. The van der Waals surface area contributed by atoms with E-state index < -0.39 is 5.97 Å². The molecule has 2 atom stereocenters. The lowest BCUT2D eigenvalue weighted by Gasteiger charge is -2.20. The molecule has 1 aliphatic carbocycles. The van der Waals surface area contributed by atoms with Crippen LogP contribution in [0.4, 0.5) is 0 Å². The summed E-state index contributed by atoms with van der Waals surface area (Å²) in [4.78, 5) is 22.7. The monoisotopic (exact) mass is 228 g/mol. The summed E-state index contributed by atoms with van der Waals surface area (Å²) < 4.78 is 4.45. The molecule has 1 fully saturated rings. The molecule has 0 aromatic carbocycles. The first-order chi connectivity index (χ1) is 7.65. The predicted molar refractivity (Wildman–Crippen MR) is 59.6 cm³/mol. The van der Waals surface area contributed by atoms with Gasteiger partial charge in [0.25, 0.3) is 0 Å². The van der Waals surface area contributed by atoms with E-state index in [0.29, 0.717) is 0 Å². The molecule has 92 valence electrons. The van der Waals surface area contributed by atoms with Crippen LogP contribution in [-0.4, -0.2) is 31.6 Å². The summed E-state index contributed by atoms with van der Waals surface area (Å²) >= 11 is 0. The van der Waals surface area contributed by atoms with E-state index in [0.717, 1.165) is 32.1 Å². The summed E-state index contributed by atoms with van der Waals surface area (Å²) in [5.41, 5.74) is 5.94. The van der Waals surface area contributed by atoms with Gasteiger partial charge in [-0.1, -0.05) is 19.3 Å². The molecule has 0 bridgehead atoms. The van der Waals surface area contributed by atoms with Gasteiger partial charge in [-0.2, -0.15) is 0 Å². The predicted octanol–water partition coefficient (Wildman–Crippen LogP) is 0.183. The number of hydrogen-bond acceptors (Lipinski definition) is 4. The van der Waals surface area contributed by atoms with Crippen molar-refractivity contribution in [1.82, 2.24) is 5.32 Å². The number of rotatable bonds is 3. The van der Waals surface area contributed by atoms with Crippen LogP contribution in [-0.2, 0) is 14.3 Å². The van der Waals surface area contributed by atoms with Crippen molar-refractivity contribution in [3.63, 3.8) is 0 Å². The molecule has 0 spiro atoms. The van der Waals surface area contributed by atoms with Gasteiger partial charge >= 0.3 is 5.97 Å². The second-order valence-corrected chi connectivity index (χ2v) is 4.20. The molecule has 5 heteroatoms. The number of nitrogens with two attached hydrogens (primary N) is 1. The number of carbonyl (C=O) groups is 2. The van der Waals surface area contributed by atoms with E-state index in [1.54, 1.807) is 0 Å². The van der Waals surface area contributed by atoms with Crippen molar-refractivity contribution in [2.75, 3.05) is 13.7 Å². The van der Waals surface area contributed by atoms with Crippen LogP contribution in [0, 0.1) is 5.92 Å². The highest BCUT2D eigenvalue weighted by Crippen LogP contribution is 2.22. The minimum atomic E-state index is -0.435. The Kier molecular flexibility index (Phi) is 5.25. The van der Waals surface area contributed by atoms with Crippen LogP contribution < -0.4 is 11.1 Å². The molecular formula is C11H20N2O3. The van der Waals surface area contributed by atoms with Gasteiger partial charge in [-0.25, -0.2) is 0 Å². The van der Waals surface area contributed by atoms with Crippen LogP contribution in [0.1, 0.15) is 32.1 Å². The summed E-state index contributed by atoms with van der Waals surface area (Å²) in [6.45, 7) is -0.0709. The number of hydrogen-bond donors (Lipinski definition) is 2. The number of esters is 1. The van der Waals surface area contributed by atoms with Crippen molar-refractivity contribution in [3.8, 4) is 0 Å². The summed E-state index contributed by atoms with van der Waals surface area (Å²) in [6.07, 6.45) is 4.95. The molecule has 1 saturated carbocycles. The third-order valence-corrected chi connectivity index (χ3v) is 3.04. The Morgan fingerprint density at radius 2 is 2.00 bits per heavy atom. The van der Waals surface area contributed by atoms with Crippen molar-refractivity contribution >= 4 is 11.9 Å². The van der Waals surface area contributed by atoms with E-state index in [4.69, 9.17) is 5.73 Å². The second kappa shape index (κ2) is 6.48. The fourth-order valence-corrected chi connectivity index (χ4v) is 2.02. The molecular weight excluding hydrogens is 208 g/mol. The maximum absolute atomic E-state index is 11.8. The number of ether oxygens (including phenoxy) is 1. The summed E-state index contributed by atoms with van der Waals surface area (Å²) in [5.74, 6) is -0.720. The van der Waals surface area contributed by atoms with E-state index in [9.17, 15) is 9.59 Å². The van der Waals surface area contributed by atoms with E-state index in [1.165, 1.54) is 7.11 Å². The van der Waals surface area contributed by atoms with Gasteiger partial charge < -0.3 is 15.8 Å². The van der Waals surface area contributed by atoms with Crippen molar-refractivity contribution in [2.45, 2.75) is 38.1 Å². The molecule has 1 rings (SSSR count). The average molecular weight is 228 g/mol. The Morgan fingerprint density at radius 3 is 2.69 bits per heavy atom. The molecule has 1 amide bonds. The lowest BCUT2D eigenvalue weighted by Crippen LogP contribution is -2.43. The van der Waals surface area contributed by atoms with Gasteiger partial charge in [0.2, 0.25) is 5.91 Å².